The largest absolute Gasteiger partial charge is 0.462 e. The average molecular weight is 1030 g/mol. The first kappa shape index (κ1) is 70.6. The van der Waals surface area contributed by atoms with Crippen LogP contribution in [0.2, 0.25) is 0 Å². The van der Waals surface area contributed by atoms with Crippen LogP contribution < -0.4 is 0 Å². The summed E-state index contributed by atoms with van der Waals surface area (Å²) in [5.74, 6) is -0.882. The van der Waals surface area contributed by atoms with E-state index in [9.17, 15) is 14.4 Å². The van der Waals surface area contributed by atoms with Crippen molar-refractivity contribution in [1.29, 1.82) is 0 Å². The van der Waals surface area contributed by atoms with Gasteiger partial charge in [-0.15, -0.1) is 0 Å². The highest BCUT2D eigenvalue weighted by Gasteiger charge is 2.19. The van der Waals surface area contributed by atoms with E-state index in [2.05, 4.69) is 57.2 Å². The van der Waals surface area contributed by atoms with Crippen molar-refractivity contribution in [2.75, 3.05) is 13.2 Å². The predicted octanol–water partition coefficient (Wildman–Crippen LogP) is 22.0. The zero-order chi connectivity index (χ0) is 52.9. The Morgan fingerprint density at radius 2 is 0.507 bits per heavy atom. The van der Waals surface area contributed by atoms with Crippen LogP contribution in [0.15, 0.2) is 36.5 Å². The molecule has 0 fully saturated rings. The summed E-state index contributed by atoms with van der Waals surface area (Å²) in [6.45, 7) is 6.61. The van der Waals surface area contributed by atoms with Crippen molar-refractivity contribution in [1.82, 2.24) is 0 Å². The molecule has 0 aromatic heterocycles. The Kier molecular flexibility index (Phi) is 60.2. The molecule has 0 bridgehead atoms. The molecule has 0 aliphatic rings. The number of rotatable bonds is 60. The average Bonchev–Trinajstić information content (AvgIpc) is 3.39. The van der Waals surface area contributed by atoms with Gasteiger partial charge in [-0.1, -0.05) is 301 Å². The Balaban J connectivity index is 4.11. The van der Waals surface area contributed by atoms with E-state index in [1.165, 1.54) is 225 Å². The minimum absolute atomic E-state index is 0.0769. The van der Waals surface area contributed by atoms with Crippen LogP contribution in [0.5, 0.6) is 0 Å². The zero-order valence-electron chi connectivity index (χ0n) is 49.2. The van der Waals surface area contributed by atoms with Crippen LogP contribution in [-0.2, 0) is 28.6 Å². The van der Waals surface area contributed by atoms with Gasteiger partial charge in [0.15, 0.2) is 6.10 Å². The van der Waals surface area contributed by atoms with Gasteiger partial charge in [0.2, 0.25) is 0 Å². The molecule has 0 aliphatic heterocycles. The fourth-order valence-corrected chi connectivity index (χ4v) is 9.69. The molecule has 0 heterocycles. The number of carbonyl (C=O) groups is 3. The van der Waals surface area contributed by atoms with Gasteiger partial charge < -0.3 is 14.2 Å². The highest BCUT2D eigenvalue weighted by Crippen LogP contribution is 2.18. The molecule has 0 aromatic carbocycles. The van der Waals surface area contributed by atoms with Gasteiger partial charge in [0.25, 0.3) is 0 Å². The number of ether oxygens (including phenoxy) is 3. The van der Waals surface area contributed by atoms with Gasteiger partial charge >= 0.3 is 17.9 Å². The number of hydrogen-bond donors (Lipinski definition) is 0. The molecule has 1 unspecified atom stereocenters. The standard InChI is InChI=1S/C67H124O6/c1-4-7-10-13-16-19-22-24-26-27-28-29-30-31-32-33-34-35-36-37-38-39-41-42-45-48-51-54-57-60-66(69)72-63-64(62-71-65(68)59-56-53-50-47-44-21-18-15-12-9-6-3)73-67(70)61-58-55-52-49-46-43-40-25-23-20-17-14-11-8-5-2/h15,17-18,20,25,40,64H,4-14,16,19,21-24,26-39,41-63H2,1-3H3/b18-15-,20-17-,40-25-. The quantitative estimate of drug-likeness (QED) is 0.0261. The molecular weight excluding hydrogens is 901 g/mol. The first-order valence-electron chi connectivity index (χ1n) is 32.5. The normalized spacial score (nSPS) is 12.2. The first-order chi connectivity index (χ1) is 36.0. The summed E-state index contributed by atoms with van der Waals surface area (Å²) in [5.41, 5.74) is 0. The second-order valence-electron chi connectivity index (χ2n) is 22.0. The molecular formula is C67H124O6. The molecule has 1 atom stereocenters. The van der Waals surface area contributed by atoms with Crippen LogP contribution >= 0.6 is 0 Å². The van der Waals surface area contributed by atoms with Gasteiger partial charge in [-0.25, -0.2) is 0 Å². The SMILES string of the molecule is CCCC/C=C\CCCCCCCC(=O)OCC(COC(=O)CCCCCCCCCCCCCCCCCCCCCCCCCCCCCCC)OC(=O)CCCCCCC/C=C\C/C=C\CCCCC. The molecule has 73 heavy (non-hydrogen) atoms. The minimum atomic E-state index is -0.780. The zero-order valence-corrected chi connectivity index (χ0v) is 49.2. The van der Waals surface area contributed by atoms with Crippen molar-refractivity contribution < 1.29 is 28.6 Å². The van der Waals surface area contributed by atoms with Crippen molar-refractivity contribution in [2.45, 2.75) is 361 Å². The predicted molar refractivity (Wildman–Crippen MR) is 316 cm³/mol. The van der Waals surface area contributed by atoms with Crippen LogP contribution in [0.25, 0.3) is 0 Å². The summed E-state index contributed by atoms with van der Waals surface area (Å²) in [5, 5.41) is 0. The molecule has 0 rings (SSSR count). The topological polar surface area (TPSA) is 78.9 Å². The summed E-state index contributed by atoms with van der Waals surface area (Å²) < 4.78 is 16.9. The third kappa shape index (κ3) is 60.4. The Morgan fingerprint density at radius 1 is 0.274 bits per heavy atom. The molecule has 0 aliphatic carbocycles. The van der Waals surface area contributed by atoms with E-state index in [-0.39, 0.29) is 31.1 Å². The highest BCUT2D eigenvalue weighted by molar-refractivity contribution is 5.71. The maximum Gasteiger partial charge on any atom is 0.306 e. The molecule has 0 amide bonds. The van der Waals surface area contributed by atoms with E-state index in [0.29, 0.717) is 19.3 Å². The minimum Gasteiger partial charge on any atom is -0.462 e. The fourth-order valence-electron chi connectivity index (χ4n) is 9.69. The molecule has 6 nitrogen and oxygen atoms in total. The van der Waals surface area contributed by atoms with Gasteiger partial charge in [0.1, 0.15) is 13.2 Å². The van der Waals surface area contributed by atoms with Crippen LogP contribution in [0.4, 0.5) is 0 Å². The van der Waals surface area contributed by atoms with E-state index in [1.807, 2.05) is 0 Å². The number of carbonyl (C=O) groups excluding carboxylic acids is 3. The molecule has 0 radical (unpaired) electrons. The monoisotopic (exact) mass is 1020 g/mol. The fraction of sp³-hybridized carbons (Fsp3) is 0.866. The van der Waals surface area contributed by atoms with E-state index in [0.717, 1.165) is 89.9 Å². The summed E-state index contributed by atoms with van der Waals surface area (Å²) in [6, 6.07) is 0. The Morgan fingerprint density at radius 3 is 0.836 bits per heavy atom. The Bertz CT molecular complexity index is 1220. The van der Waals surface area contributed by atoms with Crippen LogP contribution in [0.3, 0.4) is 0 Å². The van der Waals surface area contributed by atoms with Gasteiger partial charge in [-0.3, -0.25) is 14.4 Å². The van der Waals surface area contributed by atoms with Gasteiger partial charge in [-0.2, -0.15) is 0 Å². The molecule has 428 valence electrons. The summed E-state index contributed by atoms with van der Waals surface area (Å²) in [4.78, 5) is 38.2. The highest BCUT2D eigenvalue weighted by atomic mass is 16.6. The third-order valence-corrected chi connectivity index (χ3v) is 14.6. The van der Waals surface area contributed by atoms with E-state index in [1.54, 1.807) is 0 Å². The second-order valence-corrected chi connectivity index (χ2v) is 22.0. The Labute approximate surface area is 455 Å². The first-order valence-corrected chi connectivity index (χ1v) is 32.5. The van der Waals surface area contributed by atoms with Crippen molar-refractivity contribution in [2.24, 2.45) is 0 Å². The Hall–Kier alpha value is -2.37. The summed E-state index contributed by atoms with van der Waals surface area (Å²) >= 11 is 0. The molecule has 0 saturated carbocycles. The number of esters is 3. The molecule has 0 N–H and O–H groups in total. The van der Waals surface area contributed by atoms with Gasteiger partial charge in [-0.05, 0) is 70.6 Å². The van der Waals surface area contributed by atoms with Crippen molar-refractivity contribution >= 4 is 17.9 Å². The van der Waals surface area contributed by atoms with Crippen LogP contribution in [0, 0.1) is 0 Å². The lowest BCUT2D eigenvalue weighted by Crippen LogP contribution is -2.30. The smallest absolute Gasteiger partial charge is 0.306 e. The molecule has 6 heteroatoms. The maximum absolute atomic E-state index is 12.9. The summed E-state index contributed by atoms with van der Waals surface area (Å²) in [7, 11) is 0. The lowest BCUT2D eigenvalue weighted by Gasteiger charge is -2.18. The molecule has 0 saturated heterocycles. The van der Waals surface area contributed by atoms with Gasteiger partial charge in [0, 0.05) is 19.3 Å². The van der Waals surface area contributed by atoms with Crippen LogP contribution in [-0.4, -0.2) is 37.2 Å². The van der Waals surface area contributed by atoms with Gasteiger partial charge in [0.05, 0.1) is 0 Å². The van der Waals surface area contributed by atoms with E-state index in [4.69, 9.17) is 14.2 Å². The maximum atomic E-state index is 12.9. The van der Waals surface area contributed by atoms with Crippen molar-refractivity contribution in [3.05, 3.63) is 36.5 Å². The third-order valence-electron chi connectivity index (χ3n) is 14.6. The number of allylic oxidation sites excluding steroid dienone is 6. The number of unbranched alkanes of at least 4 members (excludes halogenated alkanes) is 43. The molecule has 0 aromatic rings. The van der Waals surface area contributed by atoms with Crippen molar-refractivity contribution in [3.63, 3.8) is 0 Å². The second kappa shape index (κ2) is 62.2. The van der Waals surface area contributed by atoms with E-state index >= 15 is 0 Å². The van der Waals surface area contributed by atoms with Crippen LogP contribution in [0.1, 0.15) is 355 Å². The number of hydrogen-bond acceptors (Lipinski definition) is 6. The lowest BCUT2D eigenvalue weighted by atomic mass is 10.0. The lowest BCUT2D eigenvalue weighted by molar-refractivity contribution is -0.167. The molecule has 0 spiro atoms. The van der Waals surface area contributed by atoms with Crippen molar-refractivity contribution in [3.8, 4) is 0 Å². The summed E-state index contributed by atoms with van der Waals surface area (Å²) in [6.07, 6.45) is 76.1. The van der Waals surface area contributed by atoms with E-state index < -0.39 is 6.10 Å².